The zero-order valence-electron chi connectivity index (χ0n) is 15.6. The maximum absolute atomic E-state index is 13.2. The van der Waals surface area contributed by atoms with Crippen molar-refractivity contribution < 1.29 is 17.9 Å². The average Bonchev–Trinajstić information content (AvgIpc) is 2.95. The Morgan fingerprint density at radius 1 is 1.04 bits per heavy atom. The molecule has 1 saturated heterocycles. The van der Waals surface area contributed by atoms with Gasteiger partial charge in [-0.1, -0.05) is 48.5 Å². The smallest absolute Gasteiger partial charge is 0.268 e. The van der Waals surface area contributed by atoms with E-state index >= 15 is 0 Å². The van der Waals surface area contributed by atoms with Crippen molar-refractivity contribution >= 4 is 21.4 Å². The molecule has 0 bridgehead atoms. The van der Waals surface area contributed by atoms with Gasteiger partial charge in [0.15, 0.2) is 4.91 Å². The molecule has 1 atom stereocenters. The van der Waals surface area contributed by atoms with Crippen LogP contribution in [0.15, 0.2) is 64.4 Å². The third kappa shape index (κ3) is 3.21. The first-order valence-corrected chi connectivity index (χ1v) is 10.8. The zero-order valence-corrected chi connectivity index (χ0v) is 16.4. The van der Waals surface area contributed by atoms with Gasteiger partial charge in [-0.3, -0.25) is 4.79 Å². The molecule has 1 unspecified atom stereocenters. The number of hydrogen-bond donors (Lipinski definition) is 1. The minimum absolute atomic E-state index is 0.162. The topological polar surface area (TPSA) is 75.7 Å². The number of carbonyl (C=O) groups is 1. The molecule has 1 fully saturated rings. The molecule has 1 N–H and O–H groups in total. The van der Waals surface area contributed by atoms with Crippen molar-refractivity contribution in [2.75, 3.05) is 26.3 Å². The summed E-state index contributed by atoms with van der Waals surface area (Å²) in [5, 5.41) is 3.30. The van der Waals surface area contributed by atoms with Crippen molar-refractivity contribution in [3.8, 4) is 0 Å². The second-order valence-electron chi connectivity index (χ2n) is 6.89. The van der Waals surface area contributed by atoms with Crippen LogP contribution in [0.1, 0.15) is 24.1 Å². The Balaban J connectivity index is 1.79. The van der Waals surface area contributed by atoms with E-state index in [9.17, 15) is 13.2 Å². The predicted molar refractivity (Wildman–Crippen MR) is 106 cm³/mol. The predicted octanol–water partition coefficient (Wildman–Crippen LogP) is 2.35. The molecule has 7 heteroatoms. The molecule has 2 aromatic carbocycles. The molecule has 2 aromatic rings. The molecule has 0 spiro atoms. The second kappa shape index (κ2) is 7.41. The first-order chi connectivity index (χ1) is 13.5. The number of sulfone groups is 1. The lowest BCUT2D eigenvalue weighted by atomic mass is 10.1. The monoisotopic (exact) mass is 398 g/mol. The highest BCUT2D eigenvalue weighted by Crippen LogP contribution is 2.39. The fourth-order valence-electron chi connectivity index (χ4n) is 3.59. The summed E-state index contributed by atoms with van der Waals surface area (Å²) in [7, 11) is -3.89. The lowest BCUT2D eigenvalue weighted by Crippen LogP contribution is -2.42. The third-order valence-electron chi connectivity index (χ3n) is 5.09. The molecule has 6 nitrogen and oxygen atoms in total. The summed E-state index contributed by atoms with van der Waals surface area (Å²) < 4.78 is 31.7. The van der Waals surface area contributed by atoms with Gasteiger partial charge in [0.2, 0.25) is 9.84 Å². The lowest BCUT2D eigenvalue weighted by molar-refractivity contribution is -0.130. The van der Waals surface area contributed by atoms with Crippen molar-refractivity contribution in [2.24, 2.45) is 0 Å². The van der Waals surface area contributed by atoms with Crippen LogP contribution in [0, 0.1) is 0 Å². The van der Waals surface area contributed by atoms with Gasteiger partial charge in [-0.2, -0.15) is 0 Å². The van der Waals surface area contributed by atoms with Crippen LogP contribution in [0.4, 0.5) is 0 Å². The van der Waals surface area contributed by atoms with E-state index in [2.05, 4.69) is 5.32 Å². The Bertz CT molecular complexity index is 1030. The number of hydrogen-bond acceptors (Lipinski definition) is 5. The van der Waals surface area contributed by atoms with Crippen LogP contribution in [-0.2, 0) is 19.4 Å². The maximum Gasteiger partial charge on any atom is 0.268 e. The number of ether oxygens (including phenoxy) is 1. The molecule has 0 aliphatic carbocycles. The molecule has 0 radical (unpaired) electrons. The summed E-state index contributed by atoms with van der Waals surface area (Å²) in [5.41, 5.74) is 1.93. The molecule has 0 saturated carbocycles. The summed E-state index contributed by atoms with van der Waals surface area (Å²) in [6, 6.07) is 16.3. The van der Waals surface area contributed by atoms with Gasteiger partial charge >= 0.3 is 0 Å². The van der Waals surface area contributed by atoms with Crippen LogP contribution >= 0.6 is 0 Å². The molecule has 146 valence electrons. The van der Waals surface area contributed by atoms with Gasteiger partial charge in [-0.15, -0.1) is 0 Å². The van der Waals surface area contributed by atoms with E-state index in [-0.39, 0.29) is 15.8 Å². The summed E-state index contributed by atoms with van der Waals surface area (Å²) in [4.78, 5) is 14.8. The highest BCUT2D eigenvalue weighted by atomic mass is 32.2. The van der Waals surface area contributed by atoms with E-state index in [0.717, 1.165) is 5.56 Å². The highest BCUT2D eigenvalue weighted by molar-refractivity contribution is 7.97. The molecule has 1 amide bonds. The van der Waals surface area contributed by atoms with Crippen LogP contribution in [0.2, 0.25) is 0 Å². The molecule has 0 aromatic heterocycles. The third-order valence-corrected chi connectivity index (χ3v) is 6.95. The van der Waals surface area contributed by atoms with Gasteiger partial charge in [-0.25, -0.2) is 8.42 Å². The lowest BCUT2D eigenvalue weighted by Gasteiger charge is -2.27. The van der Waals surface area contributed by atoms with Gasteiger partial charge < -0.3 is 15.0 Å². The van der Waals surface area contributed by atoms with Gasteiger partial charge in [0.05, 0.1) is 23.8 Å². The summed E-state index contributed by atoms with van der Waals surface area (Å²) in [6.07, 6.45) is 0. The Morgan fingerprint density at radius 2 is 1.68 bits per heavy atom. The quantitative estimate of drug-likeness (QED) is 0.856. The standard InChI is InChI=1S/C21H22N2O4S/c1-15(16-7-3-2-4-8-16)22-19-17-9-5-6-10-18(17)28(25,26)20(19)21(24)23-11-13-27-14-12-23/h2-10,15,22H,11-14H2,1H3. The number of nitrogens with zero attached hydrogens (tertiary/aromatic N) is 1. The first kappa shape index (κ1) is 18.7. The van der Waals surface area contributed by atoms with E-state index in [4.69, 9.17) is 4.74 Å². The number of morpholine rings is 1. The zero-order chi connectivity index (χ0) is 19.7. The molecule has 28 heavy (non-hydrogen) atoms. The van der Waals surface area contributed by atoms with Crippen molar-refractivity contribution in [1.82, 2.24) is 10.2 Å². The van der Waals surface area contributed by atoms with Crippen LogP contribution in [0.25, 0.3) is 5.70 Å². The minimum Gasteiger partial charge on any atom is -0.378 e. The molecular weight excluding hydrogens is 376 g/mol. The normalized spacial score (nSPS) is 19.2. The Morgan fingerprint density at radius 3 is 2.39 bits per heavy atom. The minimum atomic E-state index is -3.89. The van der Waals surface area contributed by atoms with Crippen LogP contribution in [-0.4, -0.2) is 45.5 Å². The van der Waals surface area contributed by atoms with Gasteiger partial charge in [0.1, 0.15) is 0 Å². The van der Waals surface area contributed by atoms with E-state index in [1.54, 1.807) is 29.2 Å². The van der Waals surface area contributed by atoms with Crippen molar-refractivity contribution in [3.63, 3.8) is 0 Å². The second-order valence-corrected chi connectivity index (χ2v) is 8.74. The maximum atomic E-state index is 13.2. The SMILES string of the molecule is CC(NC1=C(C(=O)N2CCOCC2)S(=O)(=O)c2ccccc21)c1ccccc1. The van der Waals surface area contributed by atoms with Crippen LogP contribution in [0.5, 0.6) is 0 Å². The van der Waals surface area contributed by atoms with Crippen molar-refractivity contribution in [2.45, 2.75) is 17.9 Å². The molecular formula is C21H22N2O4S. The fraction of sp³-hybridized carbons (Fsp3) is 0.286. The van der Waals surface area contributed by atoms with Crippen molar-refractivity contribution in [3.05, 3.63) is 70.6 Å². The van der Waals surface area contributed by atoms with Crippen molar-refractivity contribution in [1.29, 1.82) is 0 Å². The number of fused-ring (bicyclic) bond motifs is 1. The Labute approximate surface area is 164 Å². The molecule has 2 heterocycles. The first-order valence-electron chi connectivity index (χ1n) is 9.27. The largest absolute Gasteiger partial charge is 0.378 e. The number of benzene rings is 2. The molecule has 2 aliphatic rings. The Hall–Kier alpha value is -2.64. The fourth-order valence-corrected chi connectivity index (χ4v) is 5.32. The number of rotatable bonds is 4. The number of carbonyl (C=O) groups excluding carboxylic acids is 1. The van der Waals surface area contributed by atoms with E-state index in [1.807, 2.05) is 37.3 Å². The summed E-state index contributed by atoms with van der Waals surface area (Å²) in [6.45, 7) is 3.54. The molecule has 2 aliphatic heterocycles. The highest BCUT2D eigenvalue weighted by Gasteiger charge is 2.42. The van der Waals surface area contributed by atoms with E-state index in [1.165, 1.54) is 0 Å². The van der Waals surface area contributed by atoms with Crippen LogP contribution < -0.4 is 5.32 Å². The van der Waals surface area contributed by atoms with Crippen LogP contribution in [0.3, 0.4) is 0 Å². The Kier molecular flexibility index (Phi) is 4.95. The van der Waals surface area contributed by atoms with E-state index in [0.29, 0.717) is 37.6 Å². The van der Waals surface area contributed by atoms with Gasteiger partial charge in [0.25, 0.3) is 5.91 Å². The average molecular weight is 398 g/mol. The van der Waals surface area contributed by atoms with Gasteiger partial charge in [-0.05, 0) is 18.6 Å². The summed E-state index contributed by atoms with van der Waals surface area (Å²) in [5.74, 6) is -0.470. The number of amides is 1. The van der Waals surface area contributed by atoms with Gasteiger partial charge in [0, 0.05) is 24.7 Å². The van der Waals surface area contributed by atoms with E-state index < -0.39 is 15.7 Å². The molecule has 4 rings (SSSR count). The number of nitrogens with one attached hydrogen (secondary N) is 1. The summed E-state index contributed by atoms with van der Waals surface area (Å²) >= 11 is 0.